The molecule has 6 heteroatoms. The van der Waals surface area contributed by atoms with Gasteiger partial charge in [-0.05, 0) is 37.0 Å². The summed E-state index contributed by atoms with van der Waals surface area (Å²) in [6, 6.07) is 3.79. The van der Waals surface area contributed by atoms with Gasteiger partial charge in [-0.2, -0.15) is 0 Å². The highest BCUT2D eigenvalue weighted by molar-refractivity contribution is 5.74. The van der Waals surface area contributed by atoms with Crippen molar-refractivity contribution >= 4 is 11.8 Å². The highest BCUT2D eigenvalue weighted by atomic mass is 16.3. The zero-order valence-electron chi connectivity index (χ0n) is 13.2. The molecule has 0 bridgehead atoms. The minimum Gasteiger partial charge on any atom is -0.396 e. The van der Waals surface area contributed by atoms with Crippen molar-refractivity contribution in [2.45, 2.75) is 31.8 Å². The maximum absolute atomic E-state index is 12.0. The summed E-state index contributed by atoms with van der Waals surface area (Å²) < 4.78 is 0. The monoisotopic (exact) mass is 316 g/mol. The molecule has 1 aromatic rings. The number of amides is 2. The fourth-order valence-electron chi connectivity index (χ4n) is 3.11. The van der Waals surface area contributed by atoms with Gasteiger partial charge in [-0.3, -0.25) is 0 Å². The van der Waals surface area contributed by atoms with Crippen LogP contribution in [-0.4, -0.2) is 41.9 Å². The lowest BCUT2D eigenvalue weighted by atomic mass is 10.1. The number of hydrogen-bond acceptors (Lipinski definition) is 4. The maximum Gasteiger partial charge on any atom is 0.315 e. The number of nitrogens with zero attached hydrogens (tertiary/aromatic N) is 2. The molecule has 124 valence electrons. The van der Waals surface area contributed by atoms with Gasteiger partial charge in [0.05, 0.1) is 0 Å². The largest absolute Gasteiger partial charge is 0.396 e. The van der Waals surface area contributed by atoms with Crippen molar-refractivity contribution < 1.29 is 9.90 Å². The van der Waals surface area contributed by atoms with Crippen LogP contribution in [0.15, 0.2) is 30.5 Å². The number of aliphatic hydroxyl groups is 1. The Morgan fingerprint density at radius 1 is 1.35 bits per heavy atom. The minimum atomic E-state index is -0.183. The molecule has 0 aromatic carbocycles. The van der Waals surface area contributed by atoms with Gasteiger partial charge in [-0.25, -0.2) is 9.78 Å². The van der Waals surface area contributed by atoms with E-state index in [1.165, 1.54) is 12.8 Å². The molecule has 1 fully saturated rings. The average Bonchev–Trinajstić information content (AvgIpc) is 3.25. The van der Waals surface area contributed by atoms with Gasteiger partial charge in [0.2, 0.25) is 0 Å². The van der Waals surface area contributed by atoms with Crippen molar-refractivity contribution in [1.82, 2.24) is 15.6 Å². The zero-order valence-corrected chi connectivity index (χ0v) is 13.2. The van der Waals surface area contributed by atoms with Crippen molar-refractivity contribution in [3.63, 3.8) is 0 Å². The highest BCUT2D eigenvalue weighted by Crippen LogP contribution is 2.19. The van der Waals surface area contributed by atoms with Crippen molar-refractivity contribution in [3.05, 3.63) is 36.0 Å². The number of urea groups is 1. The van der Waals surface area contributed by atoms with Crippen molar-refractivity contribution in [2.24, 2.45) is 5.92 Å². The van der Waals surface area contributed by atoms with Crippen LogP contribution < -0.4 is 15.5 Å². The predicted molar refractivity (Wildman–Crippen MR) is 89.2 cm³/mol. The van der Waals surface area contributed by atoms with Gasteiger partial charge in [-0.15, -0.1) is 0 Å². The van der Waals surface area contributed by atoms with E-state index >= 15 is 0 Å². The Morgan fingerprint density at radius 3 is 2.91 bits per heavy atom. The molecule has 6 nitrogen and oxygen atoms in total. The molecular formula is C17H24N4O2. The Labute approximate surface area is 136 Å². The Kier molecular flexibility index (Phi) is 5.12. The van der Waals surface area contributed by atoms with E-state index in [0.29, 0.717) is 6.54 Å². The molecule has 3 N–H and O–H groups in total. The van der Waals surface area contributed by atoms with Crippen molar-refractivity contribution in [3.8, 4) is 0 Å². The Balaban J connectivity index is 1.47. The summed E-state index contributed by atoms with van der Waals surface area (Å²) in [5.41, 5.74) is 1.05. The molecule has 2 atom stereocenters. The third-order valence-corrected chi connectivity index (χ3v) is 4.42. The first-order chi connectivity index (χ1) is 11.2. The van der Waals surface area contributed by atoms with E-state index in [4.69, 9.17) is 5.11 Å². The molecule has 1 saturated heterocycles. The van der Waals surface area contributed by atoms with Crippen LogP contribution in [-0.2, 0) is 6.54 Å². The van der Waals surface area contributed by atoms with Gasteiger partial charge in [0.15, 0.2) is 0 Å². The Bertz CT molecular complexity index is 569. The third-order valence-electron chi connectivity index (χ3n) is 4.42. The van der Waals surface area contributed by atoms with E-state index < -0.39 is 0 Å². The molecule has 1 aromatic heterocycles. The van der Waals surface area contributed by atoms with Crippen molar-refractivity contribution in [1.29, 1.82) is 0 Å². The van der Waals surface area contributed by atoms with Gasteiger partial charge in [-0.1, -0.05) is 12.2 Å². The number of nitrogens with one attached hydrogen (secondary N) is 2. The first-order valence-electron chi connectivity index (χ1n) is 8.28. The standard InChI is InChI=1S/C17H24N4O2/c22-12-14-3-4-15(9-14)20-17(23)19-11-13-5-6-18-16(10-13)21-7-1-2-8-21/h3-6,10,14-15,22H,1-2,7-9,11-12H2,(H2,19,20,23)/t14-,15+/m0/s1. The predicted octanol–water partition coefficient (Wildman–Crippen LogP) is 1.42. The molecule has 1 aliphatic heterocycles. The number of rotatable bonds is 5. The van der Waals surface area contributed by atoms with Gasteiger partial charge in [0, 0.05) is 44.4 Å². The number of carbonyl (C=O) groups excluding carboxylic acids is 1. The molecule has 1 aliphatic carbocycles. The van der Waals surface area contributed by atoms with Crippen LogP contribution in [0, 0.1) is 5.92 Å². The van der Waals surface area contributed by atoms with E-state index in [-0.39, 0.29) is 24.6 Å². The molecule has 0 spiro atoms. The first-order valence-corrected chi connectivity index (χ1v) is 8.28. The molecule has 2 aliphatic rings. The van der Waals surface area contributed by atoms with Gasteiger partial charge < -0.3 is 20.6 Å². The second-order valence-corrected chi connectivity index (χ2v) is 6.21. The second-order valence-electron chi connectivity index (χ2n) is 6.21. The van der Waals surface area contributed by atoms with Crippen LogP contribution in [0.25, 0.3) is 0 Å². The average molecular weight is 316 g/mol. The highest BCUT2D eigenvalue weighted by Gasteiger charge is 2.19. The van der Waals surface area contributed by atoms with Crippen LogP contribution >= 0.6 is 0 Å². The number of aromatic nitrogens is 1. The lowest BCUT2D eigenvalue weighted by Gasteiger charge is -2.17. The number of anilines is 1. The summed E-state index contributed by atoms with van der Waals surface area (Å²) in [4.78, 5) is 18.7. The summed E-state index contributed by atoms with van der Waals surface area (Å²) in [6.45, 7) is 2.73. The molecule has 0 radical (unpaired) electrons. The number of aliphatic hydroxyl groups excluding tert-OH is 1. The van der Waals surface area contributed by atoms with E-state index in [0.717, 1.165) is 30.9 Å². The lowest BCUT2D eigenvalue weighted by molar-refractivity contribution is 0.231. The molecule has 23 heavy (non-hydrogen) atoms. The molecule has 2 heterocycles. The smallest absolute Gasteiger partial charge is 0.315 e. The molecule has 3 rings (SSSR count). The van der Waals surface area contributed by atoms with Crippen LogP contribution in [0.4, 0.5) is 10.6 Å². The molecule has 0 saturated carbocycles. The fourth-order valence-corrected chi connectivity index (χ4v) is 3.11. The number of pyridine rings is 1. The van der Waals surface area contributed by atoms with Crippen molar-refractivity contribution in [2.75, 3.05) is 24.6 Å². The summed E-state index contributed by atoms with van der Waals surface area (Å²) in [6.07, 6.45) is 8.90. The van der Waals surface area contributed by atoms with E-state index in [1.54, 1.807) is 6.20 Å². The van der Waals surface area contributed by atoms with Gasteiger partial charge >= 0.3 is 6.03 Å². The second kappa shape index (κ2) is 7.46. The van der Waals surface area contributed by atoms with E-state index in [9.17, 15) is 4.79 Å². The quantitative estimate of drug-likeness (QED) is 0.718. The summed E-state index contributed by atoms with van der Waals surface area (Å²) in [5, 5.41) is 14.9. The van der Waals surface area contributed by atoms with Gasteiger partial charge in [0.25, 0.3) is 0 Å². The fraction of sp³-hybridized carbons (Fsp3) is 0.529. The number of hydrogen-bond donors (Lipinski definition) is 3. The molecule has 0 unspecified atom stereocenters. The first kappa shape index (κ1) is 15.8. The summed E-state index contributed by atoms with van der Waals surface area (Å²) in [7, 11) is 0. The van der Waals surface area contributed by atoms with Gasteiger partial charge in [0.1, 0.15) is 5.82 Å². The minimum absolute atomic E-state index is 0.00440. The maximum atomic E-state index is 12.0. The van der Waals surface area contributed by atoms with Crippen LogP contribution in [0.2, 0.25) is 0 Å². The van der Waals surface area contributed by atoms with Crippen LogP contribution in [0.3, 0.4) is 0 Å². The number of carbonyl (C=O) groups is 1. The zero-order chi connectivity index (χ0) is 16.1. The molecular weight excluding hydrogens is 292 g/mol. The van der Waals surface area contributed by atoms with Crippen LogP contribution in [0.1, 0.15) is 24.8 Å². The third kappa shape index (κ3) is 4.22. The van der Waals surface area contributed by atoms with Crippen LogP contribution in [0.5, 0.6) is 0 Å². The Hall–Kier alpha value is -2.08. The van der Waals surface area contributed by atoms with E-state index in [1.807, 2.05) is 24.3 Å². The normalized spacial score (nSPS) is 23.3. The topological polar surface area (TPSA) is 77.5 Å². The van der Waals surface area contributed by atoms with E-state index in [2.05, 4.69) is 20.5 Å². The lowest BCUT2D eigenvalue weighted by Crippen LogP contribution is -2.40. The summed E-state index contributed by atoms with van der Waals surface area (Å²) >= 11 is 0. The summed E-state index contributed by atoms with van der Waals surface area (Å²) in [5.74, 6) is 1.15. The molecule has 2 amide bonds. The Morgan fingerprint density at radius 2 is 2.17 bits per heavy atom. The SMILES string of the molecule is O=C(NCc1ccnc(N2CCCC2)c1)N[C@@H]1C=C[C@H](CO)C1.